The molecule has 2 heterocycles. The Morgan fingerprint density at radius 3 is 2.53 bits per heavy atom. The van der Waals surface area contributed by atoms with Crippen LogP contribution in [0.5, 0.6) is 11.5 Å². The number of carbonyl (C=O) groups is 2. The van der Waals surface area contributed by atoms with E-state index in [-0.39, 0.29) is 27.5 Å². The summed E-state index contributed by atoms with van der Waals surface area (Å²) < 4.78 is 11.4. The van der Waals surface area contributed by atoms with Gasteiger partial charge in [-0.15, -0.1) is 0 Å². The molecule has 3 aromatic carbocycles. The van der Waals surface area contributed by atoms with Crippen LogP contribution in [-0.2, 0) is 9.59 Å². The molecule has 0 aliphatic carbocycles. The topological polar surface area (TPSA) is 132 Å². The fourth-order valence-corrected chi connectivity index (χ4v) is 5.33. The maximum absolute atomic E-state index is 13.4. The Labute approximate surface area is 220 Å². The molecule has 0 saturated carbocycles. The Morgan fingerprint density at radius 2 is 1.84 bits per heavy atom. The highest BCUT2D eigenvalue weighted by Gasteiger charge is 2.48. The van der Waals surface area contributed by atoms with E-state index in [2.05, 4.69) is 4.98 Å². The van der Waals surface area contributed by atoms with Gasteiger partial charge in [0.05, 0.1) is 40.5 Å². The van der Waals surface area contributed by atoms with Crippen LogP contribution in [0.1, 0.15) is 24.1 Å². The van der Waals surface area contributed by atoms with Gasteiger partial charge >= 0.3 is 5.91 Å². The number of amides is 1. The molecule has 1 unspecified atom stereocenters. The first-order valence-electron chi connectivity index (χ1n) is 11.6. The van der Waals surface area contributed by atoms with E-state index in [1.807, 2.05) is 6.92 Å². The second-order valence-corrected chi connectivity index (χ2v) is 9.32. The minimum atomic E-state index is -1.15. The molecule has 0 radical (unpaired) electrons. The van der Waals surface area contributed by atoms with E-state index in [0.717, 1.165) is 4.70 Å². The summed E-state index contributed by atoms with van der Waals surface area (Å²) in [6.45, 7) is 2.34. The quantitative estimate of drug-likeness (QED) is 0.113. The first kappa shape index (κ1) is 24.9. The molecule has 0 spiro atoms. The average Bonchev–Trinajstić information content (AvgIpc) is 3.46. The van der Waals surface area contributed by atoms with E-state index >= 15 is 0 Å². The minimum absolute atomic E-state index is 0.199. The highest BCUT2D eigenvalue weighted by molar-refractivity contribution is 7.22. The highest BCUT2D eigenvalue weighted by Crippen LogP contribution is 2.45. The number of fused-ring (bicyclic) bond motifs is 1. The normalized spacial score (nSPS) is 16.7. The van der Waals surface area contributed by atoms with Crippen molar-refractivity contribution in [2.45, 2.75) is 13.0 Å². The molecule has 10 nitrogen and oxygen atoms in total. The van der Waals surface area contributed by atoms with Crippen molar-refractivity contribution in [2.75, 3.05) is 18.6 Å². The number of rotatable bonds is 7. The van der Waals surface area contributed by atoms with Crippen LogP contribution >= 0.6 is 11.3 Å². The monoisotopic (exact) mass is 531 g/mol. The van der Waals surface area contributed by atoms with E-state index in [9.17, 15) is 24.8 Å². The summed E-state index contributed by atoms with van der Waals surface area (Å²) in [4.78, 5) is 43.5. The van der Waals surface area contributed by atoms with Gasteiger partial charge in [0.1, 0.15) is 17.3 Å². The lowest BCUT2D eigenvalue weighted by atomic mass is 9.95. The number of thiazole rings is 1. The van der Waals surface area contributed by atoms with Crippen LogP contribution in [0.4, 0.5) is 10.8 Å². The summed E-state index contributed by atoms with van der Waals surface area (Å²) in [5, 5.41) is 23.0. The Morgan fingerprint density at radius 1 is 1.11 bits per heavy atom. The van der Waals surface area contributed by atoms with Crippen LogP contribution in [0.25, 0.3) is 16.0 Å². The van der Waals surface area contributed by atoms with Crippen molar-refractivity contribution >= 4 is 49.8 Å². The smallest absolute Gasteiger partial charge is 0.301 e. The number of ether oxygens (including phenoxy) is 2. The molecule has 1 aliphatic rings. The number of nitro benzene ring substituents is 1. The SMILES string of the molecule is CCOc1ccc2nc(N3C(=O)C(=O)C(=C(O)c4ccc(OC)cc4)C3c3cccc([N+](=O)[O-])c3)sc2c1. The second-order valence-electron chi connectivity index (χ2n) is 8.31. The number of aliphatic hydroxyl groups is 1. The first-order valence-corrected chi connectivity index (χ1v) is 12.4. The Balaban J connectivity index is 1.70. The van der Waals surface area contributed by atoms with Crippen molar-refractivity contribution in [3.8, 4) is 11.5 Å². The fourth-order valence-electron chi connectivity index (χ4n) is 4.31. The molecule has 1 amide bonds. The zero-order chi connectivity index (χ0) is 27.0. The summed E-state index contributed by atoms with van der Waals surface area (Å²) in [6.07, 6.45) is 0. The Hall–Kier alpha value is -4.77. The third-order valence-electron chi connectivity index (χ3n) is 6.07. The van der Waals surface area contributed by atoms with E-state index < -0.39 is 28.4 Å². The molecule has 1 fully saturated rings. The number of aromatic nitrogens is 1. The summed E-state index contributed by atoms with van der Waals surface area (Å²) in [5.74, 6) is -1.07. The molecule has 11 heteroatoms. The van der Waals surface area contributed by atoms with Crippen molar-refractivity contribution in [3.63, 3.8) is 0 Å². The zero-order valence-electron chi connectivity index (χ0n) is 20.3. The lowest BCUT2D eigenvalue weighted by Crippen LogP contribution is -2.29. The molecular weight excluding hydrogens is 510 g/mol. The number of carbonyl (C=O) groups excluding carboxylic acids is 2. The van der Waals surface area contributed by atoms with Gasteiger partial charge in [-0.2, -0.15) is 0 Å². The molecule has 1 atom stereocenters. The molecule has 192 valence electrons. The average molecular weight is 532 g/mol. The summed E-state index contributed by atoms with van der Waals surface area (Å²) in [5.41, 5.74) is 0.731. The summed E-state index contributed by atoms with van der Waals surface area (Å²) in [6, 6.07) is 16.1. The lowest BCUT2D eigenvalue weighted by Gasteiger charge is -2.22. The van der Waals surface area contributed by atoms with Crippen LogP contribution in [0.3, 0.4) is 0 Å². The van der Waals surface area contributed by atoms with Gasteiger partial charge < -0.3 is 14.6 Å². The highest BCUT2D eigenvalue weighted by atomic mass is 32.1. The minimum Gasteiger partial charge on any atom is -0.507 e. The van der Waals surface area contributed by atoms with E-state index in [1.165, 1.54) is 41.5 Å². The Bertz CT molecular complexity index is 1610. The van der Waals surface area contributed by atoms with Gasteiger partial charge in [-0.25, -0.2) is 4.98 Å². The van der Waals surface area contributed by atoms with Crippen molar-refractivity contribution in [3.05, 3.63) is 93.5 Å². The number of benzene rings is 3. The fraction of sp³-hybridized carbons (Fsp3) is 0.148. The second kappa shape index (κ2) is 9.94. The number of Topliss-reactive ketones (excluding diaryl/α,β-unsaturated/α-hetero) is 1. The number of nitrogens with zero attached hydrogens (tertiary/aromatic N) is 3. The third-order valence-corrected chi connectivity index (χ3v) is 7.09. The van der Waals surface area contributed by atoms with E-state index in [1.54, 1.807) is 48.5 Å². The lowest BCUT2D eigenvalue weighted by molar-refractivity contribution is -0.384. The largest absolute Gasteiger partial charge is 0.507 e. The van der Waals surface area contributed by atoms with Crippen LogP contribution in [0.2, 0.25) is 0 Å². The number of aliphatic hydroxyl groups excluding tert-OH is 1. The van der Waals surface area contributed by atoms with Gasteiger partial charge in [0.15, 0.2) is 5.13 Å². The van der Waals surface area contributed by atoms with Crippen molar-refractivity contribution < 1.29 is 29.1 Å². The van der Waals surface area contributed by atoms with E-state index in [4.69, 9.17) is 9.47 Å². The molecule has 1 saturated heterocycles. The number of ketones is 1. The number of non-ortho nitro benzene ring substituents is 1. The van der Waals surface area contributed by atoms with Crippen LogP contribution < -0.4 is 14.4 Å². The molecule has 1 aromatic heterocycles. The van der Waals surface area contributed by atoms with Crippen molar-refractivity contribution in [2.24, 2.45) is 0 Å². The van der Waals surface area contributed by atoms with Gasteiger partial charge in [0.2, 0.25) is 0 Å². The molecule has 38 heavy (non-hydrogen) atoms. The van der Waals surface area contributed by atoms with Crippen molar-refractivity contribution in [1.29, 1.82) is 0 Å². The van der Waals surface area contributed by atoms with E-state index in [0.29, 0.717) is 23.6 Å². The Kier molecular flexibility index (Phi) is 6.52. The van der Waals surface area contributed by atoms with Gasteiger partial charge in [0, 0.05) is 17.7 Å². The first-order chi connectivity index (χ1) is 18.3. The van der Waals surface area contributed by atoms with Gasteiger partial charge in [0.25, 0.3) is 11.5 Å². The summed E-state index contributed by atoms with van der Waals surface area (Å²) in [7, 11) is 1.50. The van der Waals surface area contributed by atoms with Crippen LogP contribution in [0.15, 0.2) is 72.3 Å². The van der Waals surface area contributed by atoms with Gasteiger partial charge in [-0.3, -0.25) is 24.6 Å². The number of methoxy groups -OCH3 is 1. The molecule has 0 bridgehead atoms. The summed E-state index contributed by atoms with van der Waals surface area (Å²) >= 11 is 1.17. The number of nitro groups is 1. The third kappa shape index (κ3) is 4.33. The maximum atomic E-state index is 13.4. The predicted molar refractivity (Wildman–Crippen MR) is 142 cm³/mol. The standard InChI is InChI=1S/C27H21N3O7S/c1-3-37-19-11-12-20-21(14-19)38-27(28-20)29-23(16-5-4-6-17(13-16)30(34)35)22(25(32)26(29)33)24(31)15-7-9-18(36-2)10-8-15/h4-14,23,31H,3H2,1-2H3. The molecule has 1 aliphatic heterocycles. The molecule has 1 N–H and O–H groups in total. The maximum Gasteiger partial charge on any atom is 0.301 e. The predicted octanol–water partition coefficient (Wildman–Crippen LogP) is 5.24. The molecule has 4 aromatic rings. The zero-order valence-corrected chi connectivity index (χ0v) is 21.1. The number of anilines is 1. The van der Waals surface area contributed by atoms with Crippen LogP contribution in [0, 0.1) is 10.1 Å². The molecule has 5 rings (SSSR count). The number of hydrogen-bond acceptors (Lipinski definition) is 9. The number of hydrogen-bond donors (Lipinski definition) is 1. The van der Waals surface area contributed by atoms with Crippen molar-refractivity contribution in [1.82, 2.24) is 4.98 Å². The molecular formula is C27H21N3O7S. The van der Waals surface area contributed by atoms with Gasteiger partial charge in [-0.1, -0.05) is 23.5 Å². The van der Waals surface area contributed by atoms with Crippen LogP contribution in [-0.4, -0.2) is 40.4 Å². The van der Waals surface area contributed by atoms with Gasteiger partial charge in [-0.05, 0) is 55.0 Å².